The number of ether oxygens (including phenoxy) is 2. The van der Waals surface area contributed by atoms with E-state index in [1.807, 2.05) is 0 Å². The molecule has 1 aromatic rings. The molecule has 0 aliphatic heterocycles. The van der Waals surface area contributed by atoms with Crippen LogP contribution < -0.4 is 10.3 Å². The monoisotopic (exact) mass is 305 g/mol. The number of nitrogens with one attached hydrogen (secondary N) is 1. The number of aromatic nitrogens is 1. The number of hydrogen-bond acceptors (Lipinski definition) is 4. The lowest BCUT2D eigenvalue weighted by Gasteiger charge is -2.15. The van der Waals surface area contributed by atoms with E-state index in [1.165, 1.54) is 4.98 Å². The summed E-state index contributed by atoms with van der Waals surface area (Å²) in [5.74, 6) is -3.17. The number of esters is 1. The first kappa shape index (κ1) is 15.9. The van der Waals surface area contributed by atoms with E-state index in [9.17, 15) is 35.9 Å². The molecule has 0 spiro atoms. The van der Waals surface area contributed by atoms with Gasteiger partial charge in [-0.15, -0.1) is 13.2 Å². The van der Waals surface area contributed by atoms with Crippen LogP contribution in [0, 0.1) is 0 Å². The molecule has 0 unspecified atom stereocenters. The molecule has 0 bridgehead atoms. The normalized spacial score (nSPS) is 12.2. The largest absolute Gasteiger partial charge is 0.573 e. The average molecular weight is 305 g/mol. The van der Waals surface area contributed by atoms with Crippen molar-refractivity contribution in [1.82, 2.24) is 4.98 Å². The number of alkyl halides is 6. The molecule has 5 nitrogen and oxygen atoms in total. The van der Waals surface area contributed by atoms with E-state index in [0.717, 1.165) is 7.11 Å². The number of pyridine rings is 1. The molecule has 0 aromatic carbocycles. The molecule has 0 atom stereocenters. The number of H-pyrrole nitrogens is 1. The molecular formula is C9H5F6NO4. The summed E-state index contributed by atoms with van der Waals surface area (Å²) >= 11 is 0. The third kappa shape index (κ3) is 3.65. The van der Waals surface area contributed by atoms with Gasteiger partial charge in [0.1, 0.15) is 11.4 Å². The van der Waals surface area contributed by atoms with E-state index >= 15 is 0 Å². The fourth-order valence-electron chi connectivity index (χ4n) is 1.23. The fourth-order valence-corrected chi connectivity index (χ4v) is 1.23. The molecule has 1 N–H and O–H groups in total. The lowest BCUT2D eigenvalue weighted by molar-refractivity contribution is -0.276. The van der Waals surface area contributed by atoms with Gasteiger partial charge in [-0.05, 0) is 0 Å². The second-order valence-electron chi connectivity index (χ2n) is 3.29. The van der Waals surface area contributed by atoms with Crippen molar-refractivity contribution in [2.24, 2.45) is 0 Å². The Labute approximate surface area is 106 Å². The van der Waals surface area contributed by atoms with Crippen molar-refractivity contribution in [1.29, 1.82) is 0 Å². The van der Waals surface area contributed by atoms with E-state index in [2.05, 4.69) is 9.47 Å². The van der Waals surface area contributed by atoms with Gasteiger partial charge in [0.2, 0.25) is 0 Å². The molecular weight excluding hydrogens is 300 g/mol. The first-order valence-electron chi connectivity index (χ1n) is 4.64. The van der Waals surface area contributed by atoms with Crippen LogP contribution in [0.5, 0.6) is 5.75 Å². The maximum Gasteiger partial charge on any atom is 0.573 e. The first-order valence-corrected chi connectivity index (χ1v) is 4.64. The van der Waals surface area contributed by atoms with E-state index in [0.29, 0.717) is 0 Å². The molecule has 0 fully saturated rings. The Hall–Kier alpha value is -2.20. The van der Waals surface area contributed by atoms with Gasteiger partial charge in [-0.25, -0.2) is 4.79 Å². The van der Waals surface area contributed by atoms with Crippen molar-refractivity contribution < 1.29 is 40.6 Å². The van der Waals surface area contributed by atoms with Gasteiger partial charge in [-0.2, -0.15) is 13.2 Å². The van der Waals surface area contributed by atoms with Crippen LogP contribution in [0.3, 0.4) is 0 Å². The zero-order valence-electron chi connectivity index (χ0n) is 9.48. The van der Waals surface area contributed by atoms with Gasteiger partial charge in [-0.3, -0.25) is 4.79 Å². The maximum absolute atomic E-state index is 12.5. The first-order chi connectivity index (χ1) is 8.95. The van der Waals surface area contributed by atoms with Gasteiger partial charge in [-0.1, -0.05) is 0 Å². The van der Waals surface area contributed by atoms with Gasteiger partial charge in [0.05, 0.1) is 7.11 Å². The summed E-state index contributed by atoms with van der Waals surface area (Å²) < 4.78 is 80.9. The quantitative estimate of drug-likeness (QED) is 0.671. The Morgan fingerprint density at radius 1 is 1.20 bits per heavy atom. The van der Waals surface area contributed by atoms with Crippen LogP contribution in [0.25, 0.3) is 0 Å². The highest BCUT2D eigenvalue weighted by molar-refractivity contribution is 5.87. The molecule has 0 saturated carbocycles. The van der Waals surface area contributed by atoms with Gasteiger partial charge < -0.3 is 14.5 Å². The Morgan fingerprint density at radius 2 is 1.75 bits per heavy atom. The van der Waals surface area contributed by atoms with Crippen molar-refractivity contribution in [3.63, 3.8) is 0 Å². The Morgan fingerprint density at radius 3 is 2.15 bits per heavy atom. The van der Waals surface area contributed by atoms with Crippen LogP contribution >= 0.6 is 0 Å². The summed E-state index contributed by atoms with van der Waals surface area (Å²) in [6.07, 6.45) is -10.9. The van der Waals surface area contributed by atoms with Gasteiger partial charge in [0.15, 0.2) is 5.56 Å². The van der Waals surface area contributed by atoms with Crippen molar-refractivity contribution in [3.05, 3.63) is 27.7 Å². The highest BCUT2D eigenvalue weighted by atomic mass is 19.4. The van der Waals surface area contributed by atoms with Crippen molar-refractivity contribution >= 4 is 5.97 Å². The molecule has 1 rings (SSSR count). The predicted octanol–water partition coefficient (Wildman–Crippen LogP) is 2.08. The summed E-state index contributed by atoms with van der Waals surface area (Å²) in [7, 11) is 0.822. The Balaban J connectivity index is 3.53. The number of rotatable bonds is 2. The summed E-state index contributed by atoms with van der Waals surface area (Å²) in [6, 6.07) is 0.0869. The van der Waals surface area contributed by atoms with Crippen LogP contribution in [0.4, 0.5) is 26.3 Å². The fraction of sp³-hybridized carbons (Fsp3) is 0.333. The third-order valence-electron chi connectivity index (χ3n) is 1.91. The smallest absolute Gasteiger partial charge is 0.464 e. The zero-order chi connectivity index (χ0) is 15.7. The predicted molar refractivity (Wildman–Crippen MR) is 50.1 cm³/mol. The van der Waals surface area contributed by atoms with Crippen molar-refractivity contribution in [2.75, 3.05) is 7.11 Å². The molecule has 11 heteroatoms. The maximum atomic E-state index is 12.5. The number of carbonyl (C=O) groups excluding carboxylic acids is 1. The number of halogens is 6. The molecule has 1 aromatic heterocycles. The van der Waals surface area contributed by atoms with Crippen LogP contribution in [-0.2, 0) is 10.9 Å². The van der Waals surface area contributed by atoms with Crippen LogP contribution in [0.15, 0.2) is 10.9 Å². The molecule has 0 saturated heterocycles. The van der Waals surface area contributed by atoms with Crippen LogP contribution in [0.2, 0.25) is 0 Å². The van der Waals surface area contributed by atoms with E-state index in [4.69, 9.17) is 0 Å². The zero-order valence-corrected chi connectivity index (χ0v) is 9.48. The third-order valence-corrected chi connectivity index (χ3v) is 1.91. The lowest BCUT2D eigenvalue weighted by Crippen LogP contribution is -2.28. The number of hydrogen-bond donors (Lipinski definition) is 1. The minimum Gasteiger partial charge on any atom is -0.464 e. The Kier molecular flexibility index (Phi) is 4.01. The number of methoxy groups -OCH3 is 1. The summed E-state index contributed by atoms with van der Waals surface area (Å²) in [5.41, 5.74) is -5.08. The van der Waals surface area contributed by atoms with Crippen molar-refractivity contribution in [3.8, 4) is 5.75 Å². The van der Waals surface area contributed by atoms with E-state index < -0.39 is 41.1 Å². The van der Waals surface area contributed by atoms with E-state index in [1.54, 1.807) is 0 Å². The topological polar surface area (TPSA) is 68.4 Å². The summed E-state index contributed by atoms with van der Waals surface area (Å²) in [4.78, 5) is 23.7. The minimum atomic E-state index is -5.47. The van der Waals surface area contributed by atoms with Crippen LogP contribution in [-0.4, -0.2) is 24.4 Å². The van der Waals surface area contributed by atoms with Crippen molar-refractivity contribution in [2.45, 2.75) is 12.5 Å². The second-order valence-corrected chi connectivity index (χ2v) is 3.29. The van der Waals surface area contributed by atoms with Gasteiger partial charge in [0.25, 0.3) is 5.56 Å². The van der Waals surface area contributed by atoms with Gasteiger partial charge >= 0.3 is 18.5 Å². The highest BCUT2D eigenvalue weighted by Gasteiger charge is 2.42. The number of carbonyl (C=O) groups is 1. The molecule has 0 radical (unpaired) electrons. The highest BCUT2D eigenvalue weighted by Crippen LogP contribution is 2.36. The number of aromatic amines is 1. The second kappa shape index (κ2) is 5.06. The molecule has 0 amide bonds. The summed E-state index contributed by atoms with van der Waals surface area (Å²) in [5, 5.41) is 0. The minimum absolute atomic E-state index is 0.0869. The van der Waals surface area contributed by atoms with Gasteiger partial charge in [0, 0.05) is 6.07 Å². The average Bonchev–Trinajstić information content (AvgIpc) is 2.22. The molecule has 112 valence electrons. The summed E-state index contributed by atoms with van der Waals surface area (Å²) in [6.45, 7) is 0. The lowest BCUT2D eigenvalue weighted by atomic mass is 10.2. The SMILES string of the molecule is COC(=O)c1cc(OC(F)(F)F)c(C(F)(F)F)c(=O)[nH]1. The standard InChI is InChI=1S/C9H5F6NO4/c1-19-7(18)3-2-4(20-9(13,14)15)5(6(17)16-3)8(10,11)12/h2H,1H3,(H,16,17). The van der Waals surface area contributed by atoms with E-state index in [-0.39, 0.29) is 6.07 Å². The molecule has 1 heterocycles. The van der Waals surface area contributed by atoms with Crippen LogP contribution in [0.1, 0.15) is 16.1 Å². The Bertz CT molecular complexity index is 573. The molecule has 20 heavy (non-hydrogen) atoms. The molecule has 0 aliphatic rings. The molecule has 0 aliphatic carbocycles.